The van der Waals surface area contributed by atoms with Gasteiger partial charge in [-0.3, -0.25) is 4.79 Å². The minimum atomic E-state index is -0.499. The van der Waals surface area contributed by atoms with Gasteiger partial charge >= 0.3 is 0 Å². The van der Waals surface area contributed by atoms with Gasteiger partial charge in [-0.15, -0.1) is 0 Å². The third-order valence-electron chi connectivity index (χ3n) is 3.17. The van der Waals surface area contributed by atoms with Crippen molar-refractivity contribution in [1.82, 2.24) is 0 Å². The quantitative estimate of drug-likeness (QED) is 0.279. The van der Waals surface area contributed by atoms with E-state index in [0.717, 1.165) is 9.13 Å². The average Bonchev–Trinajstić information content (AvgIpc) is 2.52. The van der Waals surface area contributed by atoms with E-state index in [0.29, 0.717) is 22.1 Å². The molecule has 0 unspecified atom stereocenters. The largest absolute Gasteiger partial charge is 0.399 e. The first-order valence-electron chi connectivity index (χ1n) is 6.90. The van der Waals surface area contributed by atoms with E-state index in [4.69, 9.17) is 17.3 Å². The van der Waals surface area contributed by atoms with Gasteiger partial charge in [0.25, 0.3) is 5.91 Å². The molecule has 5 nitrogen and oxygen atoms in total. The summed E-state index contributed by atoms with van der Waals surface area (Å²) >= 11 is 8.24. The van der Waals surface area contributed by atoms with Gasteiger partial charge < -0.3 is 16.4 Å². The SMILES string of the molecule is Cc1cc(I)ccc1NC(=O)/C(C#N)=C\Nc1ccc(N)cc1Cl. The molecular weight excluding hydrogens is 439 g/mol. The Morgan fingerprint density at radius 3 is 2.62 bits per heavy atom. The van der Waals surface area contributed by atoms with Gasteiger partial charge in [-0.2, -0.15) is 5.26 Å². The first-order valence-corrected chi connectivity index (χ1v) is 8.35. The summed E-state index contributed by atoms with van der Waals surface area (Å²) in [5.41, 5.74) is 8.22. The highest BCUT2D eigenvalue weighted by atomic mass is 127. The van der Waals surface area contributed by atoms with Crippen LogP contribution in [0.15, 0.2) is 48.2 Å². The van der Waals surface area contributed by atoms with Crippen LogP contribution in [0.3, 0.4) is 0 Å². The molecule has 0 aliphatic rings. The first kappa shape index (κ1) is 18.1. The molecule has 0 aromatic heterocycles. The van der Waals surface area contributed by atoms with E-state index in [1.165, 1.54) is 6.20 Å². The Morgan fingerprint density at radius 1 is 1.29 bits per heavy atom. The van der Waals surface area contributed by atoms with E-state index in [1.54, 1.807) is 24.3 Å². The zero-order valence-electron chi connectivity index (χ0n) is 12.7. The van der Waals surface area contributed by atoms with Crippen molar-refractivity contribution in [2.24, 2.45) is 0 Å². The molecule has 0 fully saturated rings. The zero-order valence-corrected chi connectivity index (χ0v) is 15.6. The summed E-state index contributed by atoms with van der Waals surface area (Å²) in [6, 6.07) is 12.4. The van der Waals surface area contributed by atoms with Crippen molar-refractivity contribution < 1.29 is 4.79 Å². The fraction of sp³-hybridized carbons (Fsp3) is 0.0588. The van der Waals surface area contributed by atoms with Gasteiger partial charge in [-0.05, 0) is 71.5 Å². The van der Waals surface area contributed by atoms with Gasteiger partial charge in [0.1, 0.15) is 11.6 Å². The molecule has 1 amide bonds. The number of nitrogen functional groups attached to an aromatic ring is 1. The lowest BCUT2D eigenvalue weighted by Crippen LogP contribution is -2.15. The normalized spacial score (nSPS) is 10.8. The molecule has 0 saturated carbocycles. The number of hydrogen-bond donors (Lipinski definition) is 3. The average molecular weight is 453 g/mol. The predicted octanol–water partition coefficient (Wildman–Crippen LogP) is 4.29. The molecule has 24 heavy (non-hydrogen) atoms. The van der Waals surface area contributed by atoms with E-state index >= 15 is 0 Å². The Kier molecular flexibility index (Phi) is 6.06. The van der Waals surface area contributed by atoms with E-state index in [-0.39, 0.29) is 5.57 Å². The number of carbonyl (C=O) groups is 1. The minimum absolute atomic E-state index is 0.0687. The van der Waals surface area contributed by atoms with Gasteiger partial charge in [-0.1, -0.05) is 11.6 Å². The molecule has 4 N–H and O–H groups in total. The molecule has 0 aliphatic heterocycles. The van der Waals surface area contributed by atoms with Gasteiger partial charge in [0.15, 0.2) is 0 Å². The van der Waals surface area contributed by atoms with E-state index in [2.05, 4.69) is 33.2 Å². The molecule has 0 atom stereocenters. The molecule has 0 aliphatic carbocycles. The number of rotatable bonds is 4. The maximum Gasteiger partial charge on any atom is 0.267 e. The predicted molar refractivity (Wildman–Crippen MR) is 106 cm³/mol. The number of benzene rings is 2. The molecule has 0 bridgehead atoms. The van der Waals surface area contributed by atoms with Crippen molar-refractivity contribution >= 4 is 57.2 Å². The molecule has 0 heterocycles. The van der Waals surface area contributed by atoms with Crippen molar-refractivity contribution in [3.63, 3.8) is 0 Å². The van der Waals surface area contributed by atoms with E-state index in [9.17, 15) is 10.1 Å². The number of nitriles is 1. The van der Waals surface area contributed by atoms with Crippen LogP contribution in [0.25, 0.3) is 0 Å². The van der Waals surface area contributed by atoms with Crippen molar-refractivity contribution in [2.45, 2.75) is 6.92 Å². The van der Waals surface area contributed by atoms with Gasteiger partial charge in [0.05, 0.1) is 10.7 Å². The van der Waals surface area contributed by atoms with Crippen LogP contribution in [-0.4, -0.2) is 5.91 Å². The van der Waals surface area contributed by atoms with Crippen molar-refractivity contribution in [3.8, 4) is 6.07 Å². The van der Waals surface area contributed by atoms with Crippen LogP contribution >= 0.6 is 34.2 Å². The number of aryl methyl sites for hydroxylation is 1. The van der Waals surface area contributed by atoms with Crippen LogP contribution < -0.4 is 16.4 Å². The second-order valence-electron chi connectivity index (χ2n) is 4.97. The first-order chi connectivity index (χ1) is 11.4. The van der Waals surface area contributed by atoms with Gasteiger partial charge in [0.2, 0.25) is 0 Å². The number of carbonyl (C=O) groups excluding carboxylic acids is 1. The van der Waals surface area contributed by atoms with Crippen LogP contribution in [0.5, 0.6) is 0 Å². The lowest BCUT2D eigenvalue weighted by Gasteiger charge is -2.09. The maximum absolute atomic E-state index is 12.2. The Morgan fingerprint density at radius 2 is 2.00 bits per heavy atom. The summed E-state index contributed by atoms with van der Waals surface area (Å²) in [5, 5.41) is 15.2. The van der Waals surface area contributed by atoms with E-state index < -0.39 is 5.91 Å². The van der Waals surface area contributed by atoms with Crippen LogP contribution in [0, 0.1) is 21.8 Å². The van der Waals surface area contributed by atoms with Gasteiger partial charge in [0, 0.05) is 21.1 Å². The Hall–Kier alpha value is -2.24. The number of amides is 1. The standard InChI is InChI=1S/C17H14ClIN4O/c1-10-6-12(19)2-4-15(10)23-17(24)11(8-20)9-22-16-5-3-13(21)7-14(16)18/h2-7,9,22H,21H2,1H3,(H,23,24)/b11-9-. The second kappa shape index (κ2) is 8.04. The molecular formula is C17H14ClIN4O. The number of nitrogens with two attached hydrogens (primary N) is 1. The molecule has 0 spiro atoms. The number of anilines is 3. The zero-order chi connectivity index (χ0) is 17.7. The molecule has 0 saturated heterocycles. The molecule has 2 rings (SSSR count). The Labute approximate surface area is 158 Å². The Bertz CT molecular complexity index is 858. The highest BCUT2D eigenvalue weighted by Crippen LogP contribution is 2.24. The summed E-state index contributed by atoms with van der Waals surface area (Å²) in [5.74, 6) is -0.499. The van der Waals surface area contributed by atoms with E-state index in [1.807, 2.05) is 25.1 Å². The summed E-state index contributed by atoms with van der Waals surface area (Å²) in [4.78, 5) is 12.2. The summed E-state index contributed by atoms with van der Waals surface area (Å²) < 4.78 is 1.07. The van der Waals surface area contributed by atoms with Gasteiger partial charge in [-0.25, -0.2) is 0 Å². The topological polar surface area (TPSA) is 90.9 Å². The third kappa shape index (κ3) is 4.63. The van der Waals surface area contributed by atoms with Crippen LogP contribution in [0.4, 0.5) is 17.1 Å². The molecule has 2 aromatic rings. The highest BCUT2D eigenvalue weighted by Gasteiger charge is 2.11. The summed E-state index contributed by atoms with van der Waals surface area (Å²) in [7, 11) is 0. The fourth-order valence-corrected chi connectivity index (χ4v) is 2.79. The third-order valence-corrected chi connectivity index (χ3v) is 4.15. The number of halogens is 2. The summed E-state index contributed by atoms with van der Waals surface area (Å²) in [6.07, 6.45) is 1.31. The number of nitrogens with one attached hydrogen (secondary N) is 2. The van der Waals surface area contributed by atoms with Crippen LogP contribution in [0.1, 0.15) is 5.56 Å². The van der Waals surface area contributed by atoms with Crippen molar-refractivity contribution in [1.29, 1.82) is 5.26 Å². The molecule has 122 valence electrons. The van der Waals surface area contributed by atoms with Crippen LogP contribution in [0.2, 0.25) is 5.02 Å². The van der Waals surface area contributed by atoms with Crippen molar-refractivity contribution in [3.05, 3.63) is 62.3 Å². The fourth-order valence-electron chi connectivity index (χ4n) is 1.90. The molecule has 7 heteroatoms. The van der Waals surface area contributed by atoms with Crippen LogP contribution in [-0.2, 0) is 4.79 Å². The lowest BCUT2D eigenvalue weighted by atomic mass is 10.2. The number of nitrogens with zero attached hydrogens (tertiary/aromatic N) is 1. The maximum atomic E-state index is 12.2. The smallest absolute Gasteiger partial charge is 0.267 e. The number of hydrogen-bond acceptors (Lipinski definition) is 4. The van der Waals surface area contributed by atoms with Crippen molar-refractivity contribution in [2.75, 3.05) is 16.4 Å². The highest BCUT2D eigenvalue weighted by molar-refractivity contribution is 14.1. The monoisotopic (exact) mass is 452 g/mol. The summed E-state index contributed by atoms with van der Waals surface area (Å²) in [6.45, 7) is 1.89. The lowest BCUT2D eigenvalue weighted by molar-refractivity contribution is -0.112. The minimum Gasteiger partial charge on any atom is -0.399 e. The second-order valence-corrected chi connectivity index (χ2v) is 6.62. The molecule has 2 aromatic carbocycles. The molecule has 0 radical (unpaired) electrons. The Balaban J connectivity index is 2.15.